The summed E-state index contributed by atoms with van der Waals surface area (Å²) in [6.07, 6.45) is 19.3. The number of rotatable bonds is 10. The van der Waals surface area contributed by atoms with E-state index in [2.05, 4.69) is 76.1 Å². The van der Waals surface area contributed by atoms with Crippen molar-refractivity contribution < 1.29 is 0 Å². The maximum Gasteiger partial charge on any atom is 0.347 e. The Morgan fingerprint density at radius 3 is 2.60 bits per heavy atom. The molecule has 6 heteroatoms. The number of terminal acetylenes is 1. The number of hydrogen-bond donors (Lipinski definition) is 2. The van der Waals surface area contributed by atoms with Gasteiger partial charge in [0.1, 0.15) is 0 Å². The second kappa shape index (κ2) is 11.3. The van der Waals surface area contributed by atoms with Gasteiger partial charge in [-0.25, -0.2) is 19.3 Å². The lowest BCUT2D eigenvalue weighted by Gasteiger charge is -2.43. The van der Waals surface area contributed by atoms with E-state index in [0.29, 0.717) is 5.65 Å². The molecule has 1 saturated carbocycles. The average molecular weight is 528 g/mol. The molecule has 0 bridgehead atoms. The predicted octanol–water partition coefficient (Wildman–Crippen LogP) is 6.62. The summed E-state index contributed by atoms with van der Waals surface area (Å²) in [5.41, 5.74) is 6.52. The molecule has 2 N–H and O–H groups in total. The van der Waals surface area contributed by atoms with Crippen molar-refractivity contribution >= 4 is 16.6 Å². The van der Waals surface area contributed by atoms with Gasteiger partial charge in [0.25, 0.3) is 0 Å². The number of nitrogens with zero attached hydrogens (tertiary/aromatic N) is 3. The highest BCUT2D eigenvalue weighted by molar-refractivity contribution is 5.98. The Morgan fingerprint density at radius 2 is 1.85 bits per heavy atom. The van der Waals surface area contributed by atoms with Crippen molar-refractivity contribution in [2.45, 2.75) is 50.5 Å². The lowest BCUT2D eigenvalue weighted by Crippen LogP contribution is -2.48. The number of hydrogen-bond acceptors (Lipinski definition) is 4. The molecule has 5 aromatic rings. The number of aromatic amines is 1. The molecule has 6 rings (SSSR count). The van der Waals surface area contributed by atoms with Crippen molar-refractivity contribution in [3.63, 3.8) is 0 Å². The standard InChI is InChI=1S/C34H33N5O/c1-2-3-4-5-6-7-11-22-35-34(20-12-21-34)27-17-15-26(16-18-27)31-28(25-13-9-8-10-14-25)24-29-30(36-31)19-23-39-32(29)37-38-33(39)40/h1,7-11,13-19,23-24,35H,3-6,12,20-22H2,(H,38,40)/b11-7+. The zero-order valence-electron chi connectivity index (χ0n) is 22.6. The molecular weight excluding hydrogens is 494 g/mol. The van der Waals surface area contributed by atoms with Crippen LogP contribution in [0.4, 0.5) is 0 Å². The smallest absolute Gasteiger partial charge is 0.304 e. The fourth-order valence-corrected chi connectivity index (χ4v) is 5.66. The molecule has 1 aliphatic rings. The van der Waals surface area contributed by atoms with E-state index in [9.17, 15) is 4.79 Å². The van der Waals surface area contributed by atoms with Crippen LogP contribution in [0.3, 0.4) is 0 Å². The Balaban J connectivity index is 1.30. The van der Waals surface area contributed by atoms with Gasteiger partial charge in [-0.1, -0.05) is 66.7 Å². The summed E-state index contributed by atoms with van der Waals surface area (Å²) in [6.45, 7) is 0.867. The van der Waals surface area contributed by atoms with Gasteiger partial charge in [-0.15, -0.1) is 12.3 Å². The average Bonchev–Trinajstić information content (AvgIpc) is 3.36. The van der Waals surface area contributed by atoms with Crippen molar-refractivity contribution in [1.82, 2.24) is 24.9 Å². The summed E-state index contributed by atoms with van der Waals surface area (Å²) in [5, 5.41) is 11.5. The van der Waals surface area contributed by atoms with E-state index in [0.717, 1.165) is 78.4 Å². The highest BCUT2D eigenvalue weighted by Crippen LogP contribution is 2.42. The molecule has 0 aliphatic heterocycles. The Bertz CT molecular complexity index is 1750. The molecule has 6 nitrogen and oxygen atoms in total. The van der Waals surface area contributed by atoms with E-state index < -0.39 is 0 Å². The number of aromatic nitrogens is 4. The van der Waals surface area contributed by atoms with Crippen LogP contribution in [0.25, 0.3) is 38.9 Å². The van der Waals surface area contributed by atoms with Crippen molar-refractivity contribution in [3.8, 4) is 34.7 Å². The van der Waals surface area contributed by atoms with Gasteiger partial charge >= 0.3 is 5.69 Å². The molecule has 0 spiro atoms. The lowest BCUT2D eigenvalue weighted by atomic mass is 9.71. The minimum absolute atomic E-state index is 0.0320. The maximum atomic E-state index is 12.2. The fourth-order valence-electron chi connectivity index (χ4n) is 5.66. The summed E-state index contributed by atoms with van der Waals surface area (Å²) in [7, 11) is 0. The largest absolute Gasteiger partial charge is 0.347 e. The van der Waals surface area contributed by atoms with Crippen molar-refractivity contribution in [2.24, 2.45) is 0 Å². The summed E-state index contributed by atoms with van der Waals surface area (Å²) < 4.78 is 1.52. The Morgan fingerprint density at radius 1 is 1.02 bits per heavy atom. The molecule has 0 unspecified atom stereocenters. The minimum atomic E-state index is -0.257. The van der Waals surface area contributed by atoms with E-state index in [1.807, 2.05) is 24.3 Å². The second-order valence-corrected chi connectivity index (χ2v) is 10.5. The van der Waals surface area contributed by atoms with Crippen LogP contribution in [0.1, 0.15) is 50.5 Å². The normalized spacial score (nSPS) is 14.5. The Labute approximate surface area is 234 Å². The number of benzene rings is 2. The number of H-pyrrole nitrogens is 1. The Kier molecular flexibility index (Phi) is 7.31. The first-order valence-electron chi connectivity index (χ1n) is 14.1. The lowest BCUT2D eigenvalue weighted by molar-refractivity contribution is 0.193. The van der Waals surface area contributed by atoms with E-state index in [-0.39, 0.29) is 11.2 Å². The third-order valence-corrected chi connectivity index (χ3v) is 8.05. The van der Waals surface area contributed by atoms with Crippen LogP contribution in [0.2, 0.25) is 0 Å². The van der Waals surface area contributed by atoms with E-state index in [1.54, 1.807) is 6.20 Å². The molecule has 0 radical (unpaired) electrons. The summed E-state index contributed by atoms with van der Waals surface area (Å²) in [5.74, 6) is 2.71. The molecule has 0 amide bonds. The van der Waals surface area contributed by atoms with Crippen molar-refractivity contribution in [2.75, 3.05) is 6.54 Å². The first kappa shape index (κ1) is 25.8. The quantitative estimate of drug-likeness (QED) is 0.122. The molecule has 2 aromatic carbocycles. The monoisotopic (exact) mass is 527 g/mol. The summed E-state index contributed by atoms with van der Waals surface area (Å²) >= 11 is 0. The number of pyridine rings is 2. The topological polar surface area (TPSA) is 75.1 Å². The van der Waals surface area contributed by atoms with Gasteiger partial charge in [0.05, 0.1) is 11.2 Å². The van der Waals surface area contributed by atoms with Gasteiger partial charge in [-0.05, 0) is 61.8 Å². The first-order chi connectivity index (χ1) is 19.7. The summed E-state index contributed by atoms with van der Waals surface area (Å²) in [4.78, 5) is 17.3. The molecular formula is C34H33N5O. The van der Waals surface area contributed by atoms with Crippen LogP contribution in [0, 0.1) is 12.3 Å². The van der Waals surface area contributed by atoms with Gasteiger partial charge in [0.2, 0.25) is 0 Å². The van der Waals surface area contributed by atoms with Gasteiger partial charge in [-0.3, -0.25) is 0 Å². The number of unbranched alkanes of at least 4 members (excludes halogenated alkanes) is 3. The molecule has 1 fully saturated rings. The number of allylic oxidation sites excluding steroid dienone is 1. The summed E-state index contributed by atoms with van der Waals surface area (Å²) in [6, 6.07) is 23.1. The van der Waals surface area contributed by atoms with Gasteiger partial charge in [0, 0.05) is 41.2 Å². The Hall–Kier alpha value is -4.47. The van der Waals surface area contributed by atoms with Crippen LogP contribution in [-0.2, 0) is 5.54 Å². The molecule has 3 aromatic heterocycles. The zero-order chi connectivity index (χ0) is 27.4. The van der Waals surface area contributed by atoms with Gasteiger partial charge < -0.3 is 5.32 Å². The van der Waals surface area contributed by atoms with E-state index in [4.69, 9.17) is 11.4 Å². The van der Waals surface area contributed by atoms with E-state index >= 15 is 0 Å². The van der Waals surface area contributed by atoms with Crippen molar-refractivity contribution in [1.29, 1.82) is 0 Å². The molecule has 3 heterocycles. The van der Waals surface area contributed by atoms with E-state index in [1.165, 1.54) is 16.4 Å². The van der Waals surface area contributed by atoms with Crippen LogP contribution in [0.15, 0.2) is 89.9 Å². The SMILES string of the molecule is C#CCCCC/C=C/CNC1(c2ccc(-c3nc4ccn5c(=O)[nH]nc5c4cc3-c3ccccc3)cc2)CCC1. The number of nitrogens with one attached hydrogen (secondary N) is 2. The molecule has 40 heavy (non-hydrogen) atoms. The third-order valence-electron chi connectivity index (χ3n) is 8.05. The predicted molar refractivity (Wildman–Crippen MR) is 162 cm³/mol. The minimum Gasteiger partial charge on any atom is -0.304 e. The first-order valence-corrected chi connectivity index (χ1v) is 14.1. The van der Waals surface area contributed by atoms with Crippen LogP contribution >= 0.6 is 0 Å². The van der Waals surface area contributed by atoms with Gasteiger partial charge in [0.15, 0.2) is 5.65 Å². The number of fused-ring (bicyclic) bond motifs is 3. The van der Waals surface area contributed by atoms with Crippen molar-refractivity contribution in [3.05, 3.63) is 101 Å². The van der Waals surface area contributed by atoms with Gasteiger partial charge in [-0.2, -0.15) is 5.10 Å². The highest BCUT2D eigenvalue weighted by Gasteiger charge is 2.37. The molecule has 0 atom stereocenters. The highest BCUT2D eigenvalue weighted by atomic mass is 16.1. The molecule has 200 valence electrons. The third kappa shape index (κ3) is 4.97. The second-order valence-electron chi connectivity index (χ2n) is 10.5. The fraction of sp³-hybridized carbons (Fsp3) is 0.265. The molecule has 1 aliphatic carbocycles. The van der Waals surface area contributed by atoms with Crippen LogP contribution in [0.5, 0.6) is 0 Å². The van der Waals surface area contributed by atoms with Crippen LogP contribution < -0.4 is 11.0 Å². The van der Waals surface area contributed by atoms with Crippen LogP contribution in [-0.4, -0.2) is 26.1 Å². The maximum absolute atomic E-state index is 12.2. The zero-order valence-corrected chi connectivity index (χ0v) is 22.6. The molecule has 0 saturated heterocycles.